The number of ether oxygens (including phenoxy) is 2. The first-order valence-corrected chi connectivity index (χ1v) is 13.2. The minimum absolute atomic E-state index is 0.000499. The van der Waals surface area contributed by atoms with Crippen LogP contribution < -0.4 is 0 Å². The lowest BCUT2D eigenvalue weighted by Gasteiger charge is -2.29. The minimum atomic E-state index is -1.31. The van der Waals surface area contributed by atoms with Crippen LogP contribution in [0.5, 0.6) is 0 Å². The topological polar surface area (TPSA) is 149 Å². The van der Waals surface area contributed by atoms with Crippen LogP contribution in [0.2, 0.25) is 0 Å². The van der Waals surface area contributed by atoms with Crippen molar-refractivity contribution in [2.24, 2.45) is 17.0 Å². The first-order chi connectivity index (χ1) is 17.2. The molecule has 9 heteroatoms. The Morgan fingerprint density at radius 2 is 2.03 bits per heavy atom. The van der Waals surface area contributed by atoms with Crippen molar-refractivity contribution in [2.45, 2.75) is 121 Å². The van der Waals surface area contributed by atoms with Crippen molar-refractivity contribution in [1.82, 2.24) is 0 Å². The fourth-order valence-corrected chi connectivity index (χ4v) is 4.75. The molecule has 1 fully saturated rings. The number of nitrogens with zero attached hydrogens (tertiary/aromatic N) is 1. The van der Waals surface area contributed by atoms with E-state index in [0.29, 0.717) is 18.4 Å². The molecule has 0 aromatic rings. The summed E-state index contributed by atoms with van der Waals surface area (Å²) in [5.74, 6) is -0.911. The second-order valence-corrected chi connectivity index (χ2v) is 11.2. The number of aliphatic hydroxyl groups is 4. The molecule has 0 radical (unpaired) electrons. The standard InChI is InChI=1S/C28H45NO8/c1-7-21(31)19(4)26-22(36-26)16-27(5,34)13-8-9-17(2)25-18(3)10-11-23(32)28(6,29-35)14-12-20(30)15-24(33)37-25/h8-11,13,18-23,25-26,30-32,34H,7,12,14-16H2,1-6H3/b11-10+,13-8+,17-9+. The summed E-state index contributed by atoms with van der Waals surface area (Å²) in [4.78, 5) is 23.9. The largest absolute Gasteiger partial charge is 0.457 e. The molecule has 10 unspecified atom stereocenters. The second-order valence-electron chi connectivity index (χ2n) is 11.2. The normalized spacial score (nSPS) is 38.0. The summed E-state index contributed by atoms with van der Waals surface area (Å²) in [5, 5.41) is 44.8. The zero-order chi connectivity index (χ0) is 28.0. The van der Waals surface area contributed by atoms with Crippen molar-refractivity contribution in [1.29, 1.82) is 0 Å². The average molecular weight is 524 g/mol. The maximum absolute atomic E-state index is 12.5. The van der Waals surface area contributed by atoms with Crippen LogP contribution in [0.15, 0.2) is 41.1 Å². The van der Waals surface area contributed by atoms with Crippen molar-refractivity contribution >= 4 is 5.97 Å². The number of epoxide rings is 1. The van der Waals surface area contributed by atoms with Crippen molar-refractivity contribution in [3.63, 3.8) is 0 Å². The minimum Gasteiger partial charge on any atom is -0.457 e. The van der Waals surface area contributed by atoms with Gasteiger partial charge in [-0.3, -0.25) is 4.79 Å². The van der Waals surface area contributed by atoms with Gasteiger partial charge < -0.3 is 29.9 Å². The molecule has 0 aliphatic carbocycles. The number of allylic oxidation sites excluding steroid dienone is 2. The summed E-state index contributed by atoms with van der Waals surface area (Å²) >= 11 is 0. The van der Waals surface area contributed by atoms with Crippen molar-refractivity contribution < 1.29 is 34.7 Å². The quantitative estimate of drug-likeness (QED) is 0.118. The Kier molecular flexibility index (Phi) is 11.2. The number of hydrogen-bond donors (Lipinski definition) is 4. The molecule has 37 heavy (non-hydrogen) atoms. The summed E-state index contributed by atoms with van der Waals surface area (Å²) < 4.78 is 11.4. The summed E-state index contributed by atoms with van der Waals surface area (Å²) in [7, 11) is 0. The van der Waals surface area contributed by atoms with Crippen LogP contribution in [0.3, 0.4) is 0 Å². The lowest BCUT2D eigenvalue weighted by atomic mass is 9.87. The molecule has 2 rings (SSSR count). The zero-order valence-electron chi connectivity index (χ0n) is 22.9. The molecule has 9 nitrogen and oxygen atoms in total. The van der Waals surface area contributed by atoms with Gasteiger partial charge in [0.15, 0.2) is 0 Å². The third-order valence-electron chi connectivity index (χ3n) is 7.61. The number of carbonyl (C=O) groups is 1. The first kappa shape index (κ1) is 31.3. The van der Waals surface area contributed by atoms with Gasteiger partial charge in [0.25, 0.3) is 0 Å². The maximum Gasteiger partial charge on any atom is 0.309 e. The van der Waals surface area contributed by atoms with E-state index < -0.39 is 41.5 Å². The van der Waals surface area contributed by atoms with Crippen LogP contribution in [0, 0.1) is 16.7 Å². The number of hydrogen-bond acceptors (Lipinski definition) is 9. The van der Waals surface area contributed by atoms with E-state index in [0.717, 1.165) is 0 Å². The van der Waals surface area contributed by atoms with E-state index in [2.05, 4.69) is 5.18 Å². The highest BCUT2D eigenvalue weighted by molar-refractivity contribution is 5.70. The summed E-state index contributed by atoms with van der Waals surface area (Å²) in [6.45, 7) is 10.7. The van der Waals surface area contributed by atoms with E-state index >= 15 is 0 Å². The van der Waals surface area contributed by atoms with Crippen LogP contribution in [-0.4, -0.2) is 74.2 Å². The number of nitroso groups, excluding NO2 is 1. The van der Waals surface area contributed by atoms with Crippen LogP contribution in [0.1, 0.15) is 73.6 Å². The Hall–Kier alpha value is -1.91. The number of cyclic esters (lactones) is 1. The molecule has 0 aromatic heterocycles. The van der Waals surface area contributed by atoms with E-state index in [1.807, 2.05) is 20.8 Å². The van der Waals surface area contributed by atoms with Gasteiger partial charge in [-0.15, -0.1) is 0 Å². The molecule has 0 aromatic carbocycles. The van der Waals surface area contributed by atoms with Gasteiger partial charge in [-0.25, -0.2) is 0 Å². The Labute approximate surface area is 220 Å². The number of aliphatic hydroxyl groups excluding tert-OH is 3. The monoisotopic (exact) mass is 523 g/mol. The maximum atomic E-state index is 12.5. The SMILES string of the molecule is CCC(O)C(C)C1OC1CC(C)(O)/C=C/C=C(\C)C1OC(=O)CC(O)CCC(C)(N=O)C(O)/C=C/C1C. The van der Waals surface area contributed by atoms with E-state index in [-0.39, 0.29) is 43.3 Å². The van der Waals surface area contributed by atoms with Crippen LogP contribution in [-0.2, 0) is 14.3 Å². The van der Waals surface area contributed by atoms with Gasteiger partial charge in [0.1, 0.15) is 17.7 Å². The predicted octanol–water partition coefficient (Wildman–Crippen LogP) is 3.34. The number of esters is 1. The Morgan fingerprint density at radius 1 is 1.35 bits per heavy atom. The van der Waals surface area contributed by atoms with Crippen LogP contribution in [0.25, 0.3) is 0 Å². The highest BCUT2D eigenvalue weighted by atomic mass is 16.6. The van der Waals surface area contributed by atoms with Crippen LogP contribution in [0.4, 0.5) is 0 Å². The van der Waals surface area contributed by atoms with Gasteiger partial charge in [-0.05, 0) is 45.6 Å². The van der Waals surface area contributed by atoms with Gasteiger partial charge in [0.2, 0.25) is 0 Å². The molecule has 0 amide bonds. The Morgan fingerprint density at radius 3 is 2.65 bits per heavy atom. The molecular weight excluding hydrogens is 478 g/mol. The smallest absolute Gasteiger partial charge is 0.309 e. The molecule has 4 N–H and O–H groups in total. The Bertz CT molecular complexity index is 868. The molecule has 0 spiro atoms. The zero-order valence-corrected chi connectivity index (χ0v) is 22.9. The highest BCUT2D eigenvalue weighted by Gasteiger charge is 2.47. The fourth-order valence-electron chi connectivity index (χ4n) is 4.75. The van der Waals surface area contributed by atoms with Crippen molar-refractivity contribution in [3.8, 4) is 0 Å². The van der Waals surface area contributed by atoms with E-state index in [4.69, 9.17) is 9.47 Å². The number of rotatable bonds is 9. The van der Waals surface area contributed by atoms with Gasteiger partial charge in [0, 0.05) is 18.3 Å². The van der Waals surface area contributed by atoms with Crippen molar-refractivity contribution in [2.75, 3.05) is 0 Å². The summed E-state index contributed by atoms with van der Waals surface area (Å²) in [6.07, 6.45) is 5.86. The Balaban J connectivity index is 2.13. The molecule has 0 saturated carbocycles. The molecule has 2 aliphatic rings. The molecule has 0 bridgehead atoms. The molecule has 2 heterocycles. The molecular formula is C28H45NO8. The first-order valence-electron chi connectivity index (χ1n) is 13.2. The van der Waals surface area contributed by atoms with Crippen LogP contribution >= 0.6 is 0 Å². The third kappa shape index (κ3) is 9.11. The highest BCUT2D eigenvalue weighted by Crippen LogP contribution is 2.37. The van der Waals surface area contributed by atoms with E-state index in [9.17, 15) is 30.1 Å². The fraction of sp³-hybridized carbons (Fsp3) is 0.750. The van der Waals surface area contributed by atoms with Gasteiger partial charge in [-0.1, -0.05) is 56.3 Å². The van der Waals surface area contributed by atoms with E-state index in [1.165, 1.54) is 13.0 Å². The summed E-state index contributed by atoms with van der Waals surface area (Å²) in [5.41, 5.74) is -1.75. The predicted molar refractivity (Wildman–Crippen MR) is 141 cm³/mol. The molecule has 10 atom stereocenters. The van der Waals surface area contributed by atoms with Gasteiger partial charge in [0.05, 0.1) is 36.4 Å². The average Bonchev–Trinajstić information content (AvgIpc) is 3.60. The number of carbonyl (C=O) groups excluding carboxylic acids is 1. The lowest BCUT2D eigenvalue weighted by Crippen LogP contribution is -2.38. The van der Waals surface area contributed by atoms with Gasteiger partial charge >= 0.3 is 5.97 Å². The van der Waals surface area contributed by atoms with E-state index in [1.54, 1.807) is 38.2 Å². The van der Waals surface area contributed by atoms with Gasteiger partial charge in [-0.2, -0.15) is 4.91 Å². The molecule has 2 aliphatic heterocycles. The van der Waals surface area contributed by atoms with Crippen molar-refractivity contribution in [3.05, 3.63) is 40.9 Å². The molecule has 1 saturated heterocycles. The third-order valence-corrected chi connectivity index (χ3v) is 7.61. The molecule has 210 valence electrons. The second kappa shape index (κ2) is 13.2. The lowest BCUT2D eigenvalue weighted by molar-refractivity contribution is -0.151. The summed E-state index contributed by atoms with van der Waals surface area (Å²) in [6, 6.07) is 0.